The number of rotatable bonds is 3. The van der Waals surface area contributed by atoms with Gasteiger partial charge >= 0.3 is 0 Å². The summed E-state index contributed by atoms with van der Waals surface area (Å²) < 4.78 is 5.06. The minimum atomic E-state index is -0.0734. The zero-order valence-electron chi connectivity index (χ0n) is 12.3. The number of amides is 1. The summed E-state index contributed by atoms with van der Waals surface area (Å²) in [4.78, 5) is 20.0. The van der Waals surface area contributed by atoms with Crippen LogP contribution in [0.25, 0.3) is 0 Å². The van der Waals surface area contributed by atoms with Gasteiger partial charge in [-0.05, 0) is 31.2 Å². The van der Waals surface area contributed by atoms with Crippen molar-refractivity contribution in [1.82, 2.24) is 15.0 Å². The summed E-state index contributed by atoms with van der Waals surface area (Å²) in [6, 6.07) is 4.02. The third-order valence-corrected chi connectivity index (χ3v) is 5.04. The molecule has 0 radical (unpaired) electrons. The largest absolute Gasteiger partial charge is 0.341 e. The molecule has 0 N–H and O–H groups in total. The van der Waals surface area contributed by atoms with Gasteiger partial charge in [0.15, 0.2) is 5.82 Å². The highest BCUT2D eigenvalue weighted by atomic mass is 32.1. The molecule has 1 aliphatic rings. The van der Waals surface area contributed by atoms with Crippen LogP contribution in [0.3, 0.4) is 0 Å². The molecule has 3 rings (SSSR count). The normalized spacial score (nSPS) is 20.5. The number of nitrogens with zero attached hydrogens (tertiary/aromatic N) is 3. The summed E-state index contributed by atoms with van der Waals surface area (Å²) >= 11 is 1.64. The highest BCUT2D eigenvalue weighted by Gasteiger charge is 2.30. The van der Waals surface area contributed by atoms with Crippen molar-refractivity contribution in [2.75, 3.05) is 13.1 Å². The molecular formula is C15H19N3O2S. The Balaban J connectivity index is 1.69. The summed E-state index contributed by atoms with van der Waals surface area (Å²) in [5, 5.41) is 6.02. The van der Waals surface area contributed by atoms with Gasteiger partial charge in [0.1, 0.15) is 0 Å². The monoisotopic (exact) mass is 305 g/mol. The van der Waals surface area contributed by atoms with E-state index in [1.807, 2.05) is 29.3 Å². The Morgan fingerprint density at radius 1 is 1.57 bits per heavy atom. The van der Waals surface area contributed by atoms with Crippen LogP contribution < -0.4 is 0 Å². The smallest absolute Gasteiger partial charge is 0.230 e. The molecule has 112 valence electrons. The van der Waals surface area contributed by atoms with Crippen LogP contribution in [0.5, 0.6) is 0 Å². The van der Waals surface area contributed by atoms with Gasteiger partial charge in [-0.3, -0.25) is 4.79 Å². The van der Waals surface area contributed by atoms with Crippen LogP contribution in [0.4, 0.5) is 0 Å². The number of hydrogen-bond donors (Lipinski definition) is 0. The van der Waals surface area contributed by atoms with Crippen LogP contribution in [0, 0.1) is 6.92 Å². The highest BCUT2D eigenvalue weighted by molar-refractivity contribution is 7.10. The fourth-order valence-electron chi connectivity index (χ4n) is 2.80. The standard InChI is InChI=1S/C15H19N3O2S/c1-10(13-6-4-8-21-13)15(19)18-7-3-5-12(9-18)14-16-11(2)20-17-14/h4,6,8,10,12H,3,5,7,9H2,1-2H3/t10-,12-/m0/s1. The van der Waals surface area contributed by atoms with Crippen LogP contribution in [0.15, 0.2) is 22.0 Å². The lowest BCUT2D eigenvalue weighted by atomic mass is 9.96. The molecule has 0 bridgehead atoms. The Morgan fingerprint density at radius 3 is 3.10 bits per heavy atom. The molecule has 0 aromatic carbocycles. The first-order chi connectivity index (χ1) is 10.1. The molecule has 3 heterocycles. The average Bonchev–Trinajstić information content (AvgIpc) is 3.17. The summed E-state index contributed by atoms with van der Waals surface area (Å²) in [5.74, 6) is 1.63. The number of hydrogen-bond acceptors (Lipinski definition) is 5. The van der Waals surface area contributed by atoms with Gasteiger partial charge in [-0.25, -0.2) is 0 Å². The summed E-state index contributed by atoms with van der Waals surface area (Å²) in [5.41, 5.74) is 0. The quantitative estimate of drug-likeness (QED) is 0.875. The van der Waals surface area contributed by atoms with E-state index in [9.17, 15) is 4.79 Å². The Kier molecular flexibility index (Phi) is 4.05. The summed E-state index contributed by atoms with van der Waals surface area (Å²) in [6.45, 7) is 5.28. The molecular weight excluding hydrogens is 286 g/mol. The third kappa shape index (κ3) is 3.00. The lowest BCUT2D eigenvalue weighted by molar-refractivity contribution is -0.133. The van der Waals surface area contributed by atoms with Crippen molar-refractivity contribution >= 4 is 17.2 Å². The van der Waals surface area contributed by atoms with E-state index in [-0.39, 0.29) is 17.7 Å². The number of carbonyl (C=O) groups is 1. The molecule has 21 heavy (non-hydrogen) atoms. The Morgan fingerprint density at radius 2 is 2.43 bits per heavy atom. The van der Waals surface area contributed by atoms with E-state index < -0.39 is 0 Å². The SMILES string of the molecule is Cc1nc([C@H]2CCCN(C(=O)[C@@H](C)c3cccs3)C2)no1. The second kappa shape index (κ2) is 5.97. The number of thiophene rings is 1. The number of carbonyl (C=O) groups excluding carboxylic acids is 1. The van der Waals surface area contributed by atoms with Crippen LogP contribution >= 0.6 is 11.3 Å². The Bertz CT molecular complexity index is 608. The average molecular weight is 305 g/mol. The highest BCUT2D eigenvalue weighted by Crippen LogP contribution is 2.29. The Labute approximate surface area is 128 Å². The van der Waals surface area contributed by atoms with Gasteiger partial charge in [-0.15, -0.1) is 11.3 Å². The molecule has 1 fully saturated rings. The molecule has 0 spiro atoms. The number of aryl methyl sites for hydroxylation is 1. The van der Waals surface area contributed by atoms with E-state index in [1.165, 1.54) is 0 Å². The molecule has 1 amide bonds. The van der Waals surface area contributed by atoms with Crippen molar-refractivity contribution < 1.29 is 9.32 Å². The van der Waals surface area contributed by atoms with Gasteiger partial charge in [0.05, 0.1) is 5.92 Å². The van der Waals surface area contributed by atoms with E-state index in [4.69, 9.17) is 4.52 Å². The molecule has 0 aliphatic carbocycles. The summed E-state index contributed by atoms with van der Waals surface area (Å²) in [7, 11) is 0. The molecule has 0 unspecified atom stereocenters. The molecule has 0 saturated carbocycles. The van der Waals surface area contributed by atoms with Gasteiger partial charge < -0.3 is 9.42 Å². The van der Waals surface area contributed by atoms with E-state index in [2.05, 4.69) is 10.1 Å². The maximum Gasteiger partial charge on any atom is 0.230 e. The Hall–Kier alpha value is -1.69. The zero-order valence-corrected chi connectivity index (χ0v) is 13.1. The van der Waals surface area contributed by atoms with Gasteiger partial charge in [-0.1, -0.05) is 11.2 Å². The molecule has 2 atom stereocenters. The number of aromatic nitrogens is 2. The van der Waals surface area contributed by atoms with Gasteiger partial charge in [0.2, 0.25) is 11.8 Å². The minimum absolute atomic E-state index is 0.0734. The predicted octanol–water partition coefficient (Wildman–Crippen LogP) is 2.95. The minimum Gasteiger partial charge on any atom is -0.341 e. The lowest BCUT2D eigenvalue weighted by Crippen LogP contribution is -2.41. The van der Waals surface area contributed by atoms with Gasteiger partial charge in [0.25, 0.3) is 0 Å². The second-order valence-electron chi connectivity index (χ2n) is 5.53. The first-order valence-corrected chi connectivity index (χ1v) is 8.15. The van der Waals surface area contributed by atoms with Gasteiger partial charge in [-0.2, -0.15) is 4.98 Å². The van der Waals surface area contributed by atoms with Crippen LogP contribution in [0.2, 0.25) is 0 Å². The van der Waals surface area contributed by atoms with Crippen molar-refractivity contribution in [2.24, 2.45) is 0 Å². The van der Waals surface area contributed by atoms with Crippen molar-refractivity contribution in [3.05, 3.63) is 34.1 Å². The molecule has 1 saturated heterocycles. The zero-order chi connectivity index (χ0) is 14.8. The molecule has 5 nitrogen and oxygen atoms in total. The topological polar surface area (TPSA) is 59.2 Å². The molecule has 2 aromatic heterocycles. The number of piperidine rings is 1. The van der Waals surface area contributed by atoms with Crippen molar-refractivity contribution in [1.29, 1.82) is 0 Å². The predicted molar refractivity (Wildman–Crippen MR) is 80.3 cm³/mol. The lowest BCUT2D eigenvalue weighted by Gasteiger charge is -2.33. The third-order valence-electron chi connectivity index (χ3n) is 3.98. The van der Waals surface area contributed by atoms with Crippen molar-refractivity contribution in [3.63, 3.8) is 0 Å². The first kappa shape index (κ1) is 14.3. The molecule has 1 aliphatic heterocycles. The number of likely N-dealkylation sites (tertiary alicyclic amines) is 1. The van der Waals surface area contributed by atoms with Crippen LogP contribution in [0.1, 0.15) is 48.2 Å². The fraction of sp³-hybridized carbons (Fsp3) is 0.533. The first-order valence-electron chi connectivity index (χ1n) is 7.27. The van der Waals surface area contributed by atoms with E-state index >= 15 is 0 Å². The molecule has 2 aromatic rings. The van der Waals surface area contributed by atoms with Crippen LogP contribution in [-0.2, 0) is 4.79 Å². The van der Waals surface area contributed by atoms with E-state index in [0.29, 0.717) is 12.4 Å². The van der Waals surface area contributed by atoms with Gasteiger partial charge in [0, 0.05) is 30.8 Å². The second-order valence-corrected chi connectivity index (χ2v) is 6.51. The maximum atomic E-state index is 12.6. The van der Waals surface area contributed by atoms with Crippen molar-refractivity contribution in [3.8, 4) is 0 Å². The van der Waals surface area contributed by atoms with Crippen LogP contribution in [-0.4, -0.2) is 34.0 Å². The summed E-state index contributed by atoms with van der Waals surface area (Å²) in [6.07, 6.45) is 2.00. The van der Waals surface area contributed by atoms with E-state index in [1.54, 1.807) is 18.3 Å². The fourth-order valence-corrected chi connectivity index (χ4v) is 3.58. The maximum absolute atomic E-state index is 12.6. The van der Waals surface area contributed by atoms with Crippen molar-refractivity contribution in [2.45, 2.75) is 38.5 Å². The van der Waals surface area contributed by atoms with E-state index in [0.717, 1.165) is 30.1 Å². The molecule has 6 heteroatoms.